The van der Waals surface area contributed by atoms with Crippen molar-refractivity contribution >= 4 is 11.8 Å². The molecular weight excluding hydrogens is 372 g/mol. The fourth-order valence-electron chi connectivity index (χ4n) is 5.42. The van der Waals surface area contributed by atoms with Gasteiger partial charge in [-0.25, -0.2) is 0 Å². The first kappa shape index (κ1) is 18.9. The van der Waals surface area contributed by atoms with E-state index in [1.807, 2.05) is 23.1 Å². The zero-order chi connectivity index (χ0) is 19.8. The summed E-state index contributed by atoms with van der Waals surface area (Å²) in [5.41, 5.74) is 0.626. The van der Waals surface area contributed by atoms with E-state index in [2.05, 4.69) is 11.4 Å². The van der Waals surface area contributed by atoms with Crippen LogP contribution in [0.4, 0.5) is 0 Å². The van der Waals surface area contributed by atoms with Gasteiger partial charge in [0.1, 0.15) is 12.4 Å². The fourth-order valence-corrected chi connectivity index (χ4v) is 5.42. The van der Waals surface area contributed by atoms with Gasteiger partial charge in [-0.3, -0.25) is 9.59 Å². The van der Waals surface area contributed by atoms with Gasteiger partial charge in [0, 0.05) is 6.54 Å². The van der Waals surface area contributed by atoms with E-state index in [0.29, 0.717) is 32.1 Å². The third kappa shape index (κ3) is 3.51. The number of benzene rings is 1. The van der Waals surface area contributed by atoms with Crippen molar-refractivity contribution in [1.29, 1.82) is 0 Å². The molecule has 1 aromatic rings. The number of ether oxygens (including phenoxy) is 3. The predicted molar refractivity (Wildman–Crippen MR) is 105 cm³/mol. The zero-order valence-corrected chi connectivity index (χ0v) is 16.6. The predicted octanol–water partition coefficient (Wildman–Crippen LogP) is 1.61. The van der Waals surface area contributed by atoms with Gasteiger partial charge in [-0.1, -0.05) is 18.2 Å². The number of nitrogens with zero attached hydrogens (tertiary/aromatic N) is 1. The Morgan fingerprint density at radius 2 is 1.90 bits per heavy atom. The van der Waals surface area contributed by atoms with Crippen molar-refractivity contribution in [3.8, 4) is 5.75 Å². The van der Waals surface area contributed by atoms with Crippen LogP contribution in [0.2, 0.25) is 0 Å². The van der Waals surface area contributed by atoms with E-state index < -0.39 is 5.54 Å². The molecule has 2 saturated heterocycles. The molecule has 0 radical (unpaired) electrons. The lowest BCUT2D eigenvalue weighted by Gasteiger charge is -2.41. The molecule has 2 amide bonds. The van der Waals surface area contributed by atoms with Gasteiger partial charge in [0.25, 0.3) is 5.91 Å². The summed E-state index contributed by atoms with van der Waals surface area (Å²) < 4.78 is 17.9. The summed E-state index contributed by atoms with van der Waals surface area (Å²) in [4.78, 5) is 27.0. The topological polar surface area (TPSA) is 77.1 Å². The zero-order valence-electron chi connectivity index (χ0n) is 16.6. The molecule has 1 aromatic carbocycles. The van der Waals surface area contributed by atoms with Crippen LogP contribution in [0.25, 0.3) is 0 Å². The fraction of sp³-hybridized carbons (Fsp3) is 0.636. The summed E-state index contributed by atoms with van der Waals surface area (Å²) in [5.74, 6) is 1.05. The number of amides is 2. The molecule has 5 aliphatic rings. The Hall–Kier alpha value is -2.12. The lowest BCUT2D eigenvalue weighted by atomic mass is 9.82. The van der Waals surface area contributed by atoms with Crippen molar-refractivity contribution < 1.29 is 23.8 Å². The molecule has 4 aliphatic heterocycles. The third-order valence-corrected chi connectivity index (χ3v) is 6.99. The molecule has 6 rings (SSSR count). The molecule has 0 unspecified atom stereocenters. The Morgan fingerprint density at radius 1 is 1.07 bits per heavy atom. The Kier molecular flexibility index (Phi) is 4.95. The Morgan fingerprint density at radius 3 is 2.72 bits per heavy atom. The molecule has 1 aliphatic carbocycles. The van der Waals surface area contributed by atoms with Gasteiger partial charge >= 0.3 is 0 Å². The van der Waals surface area contributed by atoms with Gasteiger partial charge in [-0.2, -0.15) is 0 Å². The van der Waals surface area contributed by atoms with Crippen LogP contribution in [0.3, 0.4) is 0 Å². The summed E-state index contributed by atoms with van der Waals surface area (Å²) in [6.07, 6.45) is 4.96. The van der Waals surface area contributed by atoms with E-state index in [9.17, 15) is 9.59 Å². The number of nitrogens with one attached hydrogen (secondary N) is 1. The van der Waals surface area contributed by atoms with Crippen molar-refractivity contribution in [2.45, 2.75) is 55.7 Å². The molecule has 4 heterocycles. The van der Waals surface area contributed by atoms with Gasteiger partial charge in [0.2, 0.25) is 5.91 Å². The molecule has 3 fully saturated rings. The molecule has 156 valence electrons. The molecule has 2 atom stereocenters. The number of carbonyl (C=O) groups is 2. The van der Waals surface area contributed by atoms with Crippen LogP contribution >= 0.6 is 0 Å². The maximum Gasteiger partial charge on any atom is 0.260 e. The average Bonchev–Trinajstić information content (AvgIpc) is 3.08. The highest BCUT2D eigenvalue weighted by atomic mass is 16.5. The third-order valence-electron chi connectivity index (χ3n) is 6.99. The van der Waals surface area contributed by atoms with Gasteiger partial charge < -0.3 is 24.4 Å². The summed E-state index contributed by atoms with van der Waals surface area (Å²) in [7, 11) is 0. The quantitative estimate of drug-likeness (QED) is 0.716. The van der Waals surface area contributed by atoms with E-state index in [0.717, 1.165) is 31.4 Å². The second-order valence-corrected chi connectivity index (χ2v) is 8.68. The smallest absolute Gasteiger partial charge is 0.260 e. The number of hydrogen-bond donors (Lipinski definition) is 1. The number of carbonyl (C=O) groups excluding carboxylic acids is 2. The van der Waals surface area contributed by atoms with E-state index in [1.54, 1.807) is 0 Å². The van der Waals surface area contributed by atoms with Crippen LogP contribution in [0.1, 0.15) is 43.6 Å². The van der Waals surface area contributed by atoms with Crippen LogP contribution in [0.15, 0.2) is 24.3 Å². The first-order chi connectivity index (χ1) is 14.1. The van der Waals surface area contributed by atoms with E-state index in [4.69, 9.17) is 14.2 Å². The van der Waals surface area contributed by atoms with Crippen LogP contribution in [0, 0.1) is 0 Å². The molecular formula is C22H28N2O5. The Labute approximate surface area is 170 Å². The molecule has 2 bridgehead atoms. The second kappa shape index (κ2) is 7.61. The van der Waals surface area contributed by atoms with Crippen LogP contribution in [0.5, 0.6) is 5.75 Å². The summed E-state index contributed by atoms with van der Waals surface area (Å²) in [5, 5.41) is 3.12. The SMILES string of the molecule is O=C1COC[C@@]2(CCN3C(=O)COc4ccccc4C4CCC(CC4)OC[C@H]32)N1. The van der Waals surface area contributed by atoms with Crippen molar-refractivity contribution in [3.63, 3.8) is 0 Å². The number of fused-ring (bicyclic) bond motifs is 5. The minimum atomic E-state index is -0.569. The molecule has 29 heavy (non-hydrogen) atoms. The van der Waals surface area contributed by atoms with Crippen molar-refractivity contribution in [2.24, 2.45) is 0 Å². The van der Waals surface area contributed by atoms with E-state index in [1.165, 1.54) is 5.56 Å². The molecule has 0 aromatic heterocycles. The van der Waals surface area contributed by atoms with Crippen molar-refractivity contribution in [2.75, 3.05) is 33.0 Å². The van der Waals surface area contributed by atoms with E-state index >= 15 is 0 Å². The largest absolute Gasteiger partial charge is 0.483 e. The number of para-hydroxylation sites is 1. The maximum absolute atomic E-state index is 13.1. The lowest BCUT2D eigenvalue weighted by molar-refractivity contribution is -0.144. The summed E-state index contributed by atoms with van der Waals surface area (Å²) in [6, 6.07) is 7.84. The average molecular weight is 400 g/mol. The lowest BCUT2D eigenvalue weighted by Crippen LogP contribution is -2.65. The molecule has 1 spiro atoms. The van der Waals surface area contributed by atoms with Gasteiger partial charge in [0.15, 0.2) is 6.61 Å². The van der Waals surface area contributed by atoms with Crippen LogP contribution in [-0.4, -0.2) is 67.4 Å². The minimum absolute atomic E-state index is 0.00541. The standard InChI is InChI=1S/C22H28N2O5/c25-20-12-27-14-22(23-20)9-10-24-19(22)11-28-16-7-5-15(6-8-16)17-3-1-2-4-18(17)29-13-21(24)26/h1-4,15-16,19H,5-14H2,(H,23,25)/t15?,16?,19-,22+/m0/s1. The second-order valence-electron chi connectivity index (χ2n) is 8.68. The summed E-state index contributed by atoms with van der Waals surface area (Å²) >= 11 is 0. The van der Waals surface area contributed by atoms with Crippen LogP contribution in [-0.2, 0) is 19.1 Å². The molecule has 7 heteroatoms. The first-order valence-corrected chi connectivity index (χ1v) is 10.7. The van der Waals surface area contributed by atoms with Crippen LogP contribution < -0.4 is 10.1 Å². The molecule has 7 nitrogen and oxygen atoms in total. The van der Waals surface area contributed by atoms with Crippen molar-refractivity contribution in [1.82, 2.24) is 10.2 Å². The maximum atomic E-state index is 13.1. The Bertz CT molecular complexity index is 791. The van der Waals surface area contributed by atoms with Gasteiger partial charge in [0.05, 0.1) is 30.9 Å². The monoisotopic (exact) mass is 400 g/mol. The highest BCUT2D eigenvalue weighted by Crippen LogP contribution is 2.39. The minimum Gasteiger partial charge on any atom is -0.483 e. The first-order valence-electron chi connectivity index (χ1n) is 10.7. The number of rotatable bonds is 0. The van der Waals surface area contributed by atoms with Crippen molar-refractivity contribution in [3.05, 3.63) is 29.8 Å². The number of hydrogen-bond acceptors (Lipinski definition) is 5. The molecule has 1 N–H and O–H groups in total. The van der Waals surface area contributed by atoms with Gasteiger partial charge in [-0.15, -0.1) is 0 Å². The highest BCUT2D eigenvalue weighted by molar-refractivity contribution is 5.81. The summed E-state index contributed by atoms with van der Waals surface area (Å²) in [6.45, 7) is 1.46. The molecule has 1 saturated carbocycles. The number of morpholine rings is 1. The Balaban J connectivity index is 1.44. The van der Waals surface area contributed by atoms with E-state index in [-0.39, 0.29) is 37.2 Å². The van der Waals surface area contributed by atoms with Gasteiger partial charge in [-0.05, 0) is 49.7 Å². The normalized spacial score (nSPS) is 35.0. The highest BCUT2D eigenvalue weighted by Gasteiger charge is 2.52.